The summed E-state index contributed by atoms with van der Waals surface area (Å²) in [4.78, 5) is 0. The van der Waals surface area contributed by atoms with Gasteiger partial charge in [0.2, 0.25) is 10.0 Å². The van der Waals surface area contributed by atoms with Gasteiger partial charge in [-0.15, -0.1) is 0 Å². The van der Waals surface area contributed by atoms with Crippen LogP contribution in [0.2, 0.25) is 0 Å². The number of sulfonamides is 1. The Balaban J connectivity index is 2.84. The Morgan fingerprint density at radius 1 is 1.50 bits per heavy atom. The summed E-state index contributed by atoms with van der Waals surface area (Å²) in [5.74, 6) is 0.453. The van der Waals surface area contributed by atoms with Gasteiger partial charge in [-0.3, -0.25) is 0 Å². The maximum Gasteiger partial charge on any atom is 0.218 e. The van der Waals surface area contributed by atoms with Gasteiger partial charge in [-0.05, 0) is 26.2 Å². The highest BCUT2D eigenvalue weighted by Gasteiger charge is 2.38. The van der Waals surface area contributed by atoms with Crippen LogP contribution in [-0.2, 0) is 10.0 Å². The fraction of sp³-hybridized carbons (Fsp3) is 1.00. The van der Waals surface area contributed by atoms with E-state index >= 15 is 0 Å². The second kappa shape index (κ2) is 4.16. The predicted octanol–water partition coefficient (Wildman–Crippen LogP) is 0.394. The summed E-state index contributed by atoms with van der Waals surface area (Å²) in [5.41, 5.74) is 5.40. The van der Waals surface area contributed by atoms with Crippen molar-refractivity contribution in [3.8, 4) is 0 Å². The van der Waals surface area contributed by atoms with E-state index in [0.717, 1.165) is 6.42 Å². The topological polar surface area (TPSA) is 63.4 Å². The molecule has 0 radical (unpaired) electrons. The van der Waals surface area contributed by atoms with E-state index in [0.29, 0.717) is 12.5 Å². The van der Waals surface area contributed by atoms with E-state index in [2.05, 4.69) is 6.92 Å². The maximum absolute atomic E-state index is 12.0. The average molecular weight is 220 g/mol. The van der Waals surface area contributed by atoms with Crippen LogP contribution in [0.25, 0.3) is 0 Å². The summed E-state index contributed by atoms with van der Waals surface area (Å²) in [6, 6.07) is 0.119. The molecule has 1 saturated heterocycles. The Kier molecular flexibility index (Phi) is 3.55. The van der Waals surface area contributed by atoms with Crippen LogP contribution in [0.15, 0.2) is 0 Å². The first-order valence-electron chi connectivity index (χ1n) is 5.12. The van der Waals surface area contributed by atoms with Gasteiger partial charge in [0.05, 0.1) is 5.25 Å². The van der Waals surface area contributed by atoms with Gasteiger partial charge in [-0.2, -0.15) is 4.31 Å². The van der Waals surface area contributed by atoms with E-state index in [9.17, 15) is 8.42 Å². The number of hydrogen-bond donors (Lipinski definition) is 1. The first-order valence-corrected chi connectivity index (χ1v) is 6.62. The summed E-state index contributed by atoms with van der Waals surface area (Å²) >= 11 is 0. The Morgan fingerprint density at radius 3 is 2.43 bits per heavy atom. The molecule has 1 aliphatic heterocycles. The molecule has 0 spiro atoms. The molecule has 0 aliphatic carbocycles. The van der Waals surface area contributed by atoms with Crippen molar-refractivity contribution in [1.82, 2.24) is 4.31 Å². The Morgan fingerprint density at radius 2 is 2.07 bits per heavy atom. The summed E-state index contributed by atoms with van der Waals surface area (Å²) in [5, 5.41) is -0.463. The lowest BCUT2D eigenvalue weighted by atomic mass is 10.1. The molecular weight excluding hydrogens is 200 g/mol. The fourth-order valence-electron chi connectivity index (χ4n) is 1.77. The van der Waals surface area contributed by atoms with Gasteiger partial charge in [0.15, 0.2) is 0 Å². The first-order chi connectivity index (χ1) is 6.41. The first kappa shape index (κ1) is 11.9. The lowest BCUT2D eigenvalue weighted by molar-refractivity contribution is 0.367. The Labute approximate surface area is 86.5 Å². The van der Waals surface area contributed by atoms with Crippen LogP contribution >= 0.6 is 0 Å². The van der Waals surface area contributed by atoms with E-state index in [1.54, 1.807) is 11.2 Å². The monoisotopic (exact) mass is 220 g/mol. The Bertz CT molecular complexity index is 289. The van der Waals surface area contributed by atoms with Crippen LogP contribution in [0.3, 0.4) is 0 Å². The minimum absolute atomic E-state index is 0.119. The second-order valence-electron chi connectivity index (χ2n) is 4.21. The van der Waals surface area contributed by atoms with Crippen LogP contribution < -0.4 is 5.73 Å². The van der Waals surface area contributed by atoms with Gasteiger partial charge >= 0.3 is 0 Å². The Hall–Kier alpha value is -0.130. The SMILES string of the molecule is CC1CCN(S(=O)(=O)C(C)CN)C1C. The van der Waals surface area contributed by atoms with Crippen molar-refractivity contribution in [1.29, 1.82) is 0 Å². The fourth-order valence-corrected chi connectivity index (χ4v) is 3.51. The summed E-state index contributed by atoms with van der Waals surface area (Å²) in [7, 11) is -3.16. The number of rotatable bonds is 3. The molecule has 3 atom stereocenters. The minimum Gasteiger partial charge on any atom is -0.329 e. The number of nitrogens with zero attached hydrogens (tertiary/aromatic N) is 1. The highest BCUT2D eigenvalue weighted by atomic mass is 32.2. The third kappa shape index (κ3) is 1.94. The second-order valence-corrected chi connectivity index (χ2v) is 6.51. The van der Waals surface area contributed by atoms with Crippen LogP contribution in [0, 0.1) is 5.92 Å². The van der Waals surface area contributed by atoms with Crippen molar-refractivity contribution < 1.29 is 8.42 Å². The molecule has 2 N–H and O–H groups in total. The molecule has 14 heavy (non-hydrogen) atoms. The van der Waals surface area contributed by atoms with Crippen molar-refractivity contribution in [2.24, 2.45) is 11.7 Å². The van der Waals surface area contributed by atoms with Gasteiger partial charge in [-0.1, -0.05) is 6.92 Å². The van der Waals surface area contributed by atoms with E-state index in [-0.39, 0.29) is 12.6 Å². The van der Waals surface area contributed by atoms with Gasteiger partial charge in [0.1, 0.15) is 0 Å². The molecule has 84 valence electrons. The van der Waals surface area contributed by atoms with E-state index in [1.807, 2.05) is 6.92 Å². The highest BCUT2D eigenvalue weighted by Crippen LogP contribution is 2.27. The van der Waals surface area contributed by atoms with Crippen molar-refractivity contribution in [3.63, 3.8) is 0 Å². The molecular formula is C9H20N2O2S. The smallest absolute Gasteiger partial charge is 0.218 e. The molecule has 4 nitrogen and oxygen atoms in total. The quantitative estimate of drug-likeness (QED) is 0.748. The van der Waals surface area contributed by atoms with Gasteiger partial charge < -0.3 is 5.73 Å². The van der Waals surface area contributed by atoms with E-state index < -0.39 is 15.3 Å². The molecule has 0 saturated carbocycles. The molecule has 0 aromatic heterocycles. The predicted molar refractivity (Wildman–Crippen MR) is 57.4 cm³/mol. The van der Waals surface area contributed by atoms with Gasteiger partial charge in [0.25, 0.3) is 0 Å². The van der Waals surface area contributed by atoms with Crippen LogP contribution in [0.5, 0.6) is 0 Å². The van der Waals surface area contributed by atoms with Crippen LogP contribution in [0.1, 0.15) is 27.2 Å². The molecule has 0 amide bonds. The largest absolute Gasteiger partial charge is 0.329 e. The summed E-state index contributed by atoms with van der Waals surface area (Å²) < 4.78 is 25.5. The van der Waals surface area contributed by atoms with Crippen molar-refractivity contribution in [2.75, 3.05) is 13.1 Å². The summed E-state index contributed by atoms with van der Waals surface area (Å²) in [6.45, 7) is 6.58. The molecule has 0 bridgehead atoms. The average Bonchev–Trinajstić information content (AvgIpc) is 2.46. The molecule has 1 heterocycles. The van der Waals surface area contributed by atoms with Crippen molar-refractivity contribution in [2.45, 2.75) is 38.5 Å². The molecule has 0 aromatic rings. The molecule has 3 unspecified atom stereocenters. The molecule has 5 heteroatoms. The highest BCUT2D eigenvalue weighted by molar-refractivity contribution is 7.89. The van der Waals surface area contributed by atoms with E-state index in [4.69, 9.17) is 5.73 Å². The minimum atomic E-state index is -3.16. The zero-order valence-corrected chi connectivity index (χ0v) is 9.92. The zero-order chi connectivity index (χ0) is 10.9. The normalized spacial score (nSPS) is 32.0. The standard InChI is InChI=1S/C9H20N2O2S/c1-7-4-5-11(9(7)3)14(12,13)8(2)6-10/h7-9H,4-6,10H2,1-3H3. The van der Waals surface area contributed by atoms with Crippen LogP contribution in [-0.4, -0.2) is 37.1 Å². The maximum atomic E-state index is 12.0. The van der Waals surface area contributed by atoms with Gasteiger partial charge in [0, 0.05) is 19.1 Å². The lowest BCUT2D eigenvalue weighted by Gasteiger charge is -2.25. The number of hydrogen-bond acceptors (Lipinski definition) is 3. The van der Waals surface area contributed by atoms with Crippen molar-refractivity contribution >= 4 is 10.0 Å². The molecule has 1 rings (SSSR count). The third-order valence-corrected chi connectivity index (χ3v) is 5.63. The molecule has 1 fully saturated rings. The lowest BCUT2D eigenvalue weighted by Crippen LogP contribution is -2.43. The molecule has 1 aliphatic rings. The third-order valence-electron chi connectivity index (χ3n) is 3.25. The summed E-state index contributed by atoms with van der Waals surface area (Å²) in [6.07, 6.45) is 0.956. The van der Waals surface area contributed by atoms with Crippen molar-refractivity contribution in [3.05, 3.63) is 0 Å². The number of nitrogens with two attached hydrogens (primary N) is 1. The molecule has 0 aromatic carbocycles. The zero-order valence-electron chi connectivity index (χ0n) is 9.10. The van der Waals surface area contributed by atoms with E-state index in [1.165, 1.54) is 0 Å². The van der Waals surface area contributed by atoms with Crippen LogP contribution in [0.4, 0.5) is 0 Å². The van der Waals surface area contributed by atoms with Gasteiger partial charge in [-0.25, -0.2) is 8.42 Å².